The van der Waals surface area contributed by atoms with E-state index >= 15 is 0 Å². The second kappa shape index (κ2) is 8.96. The number of carbonyl (C=O) groups is 1. The van der Waals surface area contributed by atoms with Gasteiger partial charge in [0.15, 0.2) is 0 Å². The highest BCUT2D eigenvalue weighted by molar-refractivity contribution is 5.67. The highest BCUT2D eigenvalue weighted by Gasteiger charge is 2.02. The highest BCUT2D eigenvalue weighted by atomic mass is 16.5. The van der Waals surface area contributed by atoms with E-state index in [1.165, 1.54) is 11.1 Å². The fourth-order valence-corrected chi connectivity index (χ4v) is 2.32. The topological polar surface area (TPSA) is 55.8 Å². The summed E-state index contributed by atoms with van der Waals surface area (Å²) in [6.07, 6.45) is 1.49. The van der Waals surface area contributed by atoms with E-state index in [-0.39, 0.29) is 6.42 Å². The Kier molecular flexibility index (Phi) is 6.67. The van der Waals surface area contributed by atoms with Gasteiger partial charge in [0.1, 0.15) is 11.5 Å². The second-order valence-electron chi connectivity index (χ2n) is 5.79. The van der Waals surface area contributed by atoms with Crippen molar-refractivity contribution in [1.82, 2.24) is 0 Å². The molecule has 2 rings (SSSR count). The van der Waals surface area contributed by atoms with Crippen LogP contribution in [0.1, 0.15) is 29.5 Å². The second-order valence-corrected chi connectivity index (χ2v) is 5.79. The fraction of sp³-hybridized carbons (Fsp3) is 0.350. The number of hydrogen-bond donors (Lipinski definition) is 1. The van der Waals surface area contributed by atoms with Gasteiger partial charge in [-0.3, -0.25) is 4.79 Å². The molecule has 0 saturated heterocycles. The van der Waals surface area contributed by atoms with Crippen LogP contribution < -0.4 is 9.47 Å². The van der Waals surface area contributed by atoms with E-state index in [2.05, 4.69) is 19.9 Å². The molecule has 0 radical (unpaired) electrons. The average Bonchev–Trinajstić information content (AvgIpc) is 2.57. The van der Waals surface area contributed by atoms with Crippen LogP contribution in [-0.2, 0) is 11.2 Å². The summed E-state index contributed by atoms with van der Waals surface area (Å²) in [4.78, 5) is 10.5. The summed E-state index contributed by atoms with van der Waals surface area (Å²) in [5.41, 5.74) is 3.41. The van der Waals surface area contributed by atoms with E-state index < -0.39 is 5.97 Å². The molecule has 0 saturated carbocycles. The first-order valence-electron chi connectivity index (χ1n) is 8.19. The molecule has 0 bridgehead atoms. The molecule has 4 heteroatoms. The molecule has 0 aliphatic carbocycles. The molecule has 0 aliphatic heterocycles. The van der Waals surface area contributed by atoms with Gasteiger partial charge >= 0.3 is 5.97 Å². The summed E-state index contributed by atoms with van der Waals surface area (Å²) in [6, 6.07) is 13.6. The molecule has 2 aromatic carbocycles. The van der Waals surface area contributed by atoms with Gasteiger partial charge in [0, 0.05) is 12.8 Å². The Bertz CT molecular complexity index is 662. The van der Waals surface area contributed by atoms with Crippen LogP contribution in [0.2, 0.25) is 0 Å². The molecule has 1 N–H and O–H groups in total. The summed E-state index contributed by atoms with van der Waals surface area (Å²) in [7, 11) is 0. The third-order valence-corrected chi connectivity index (χ3v) is 3.92. The largest absolute Gasteiger partial charge is 0.493 e. The molecule has 2 aromatic rings. The molecule has 4 nitrogen and oxygen atoms in total. The number of aliphatic carboxylic acids is 1. The Labute approximate surface area is 143 Å². The van der Waals surface area contributed by atoms with E-state index in [1.54, 1.807) is 0 Å². The first-order chi connectivity index (χ1) is 11.6. The lowest BCUT2D eigenvalue weighted by molar-refractivity contribution is -0.136. The maximum absolute atomic E-state index is 10.5. The van der Waals surface area contributed by atoms with E-state index in [9.17, 15) is 4.79 Å². The molecule has 0 spiro atoms. The molecule has 24 heavy (non-hydrogen) atoms. The van der Waals surface area contributed by atoms with Crippen LogP contribution in [0, 0.1) is 13.8 Å². The number of aryl methyl sites for hydroxylation is 2. The van der Waals surface area contributed by atoms with Gasteiger partial charge in [-0.15, -0.1) is 0 Å². The number of carboxylic acids is 1. The first kappa shape index (κ1) is 17.9. The minimum Gasteiger partial charge on any atom is -0.493 e. The molecular weight excluding hydrogens is 304 g/mol. The van der Waals surface area contributed by atoms with Crippen molar-refractivity contribution in [2.45, 2.75) is 33.1 Å². The van der Waals surface area contributed by atoms with E-state index in [0.29, 0.717) is 19.6 Å². The Morgan fingerprint density at radius 1 is 1.00 bits per heavy atom. The predicted molar refractivity (Wildman–Crippen MR) is 93.9 cm³/mol. The van der Waals surface area contributed by atoms with Crippen LogP contribution in [0.4, 0.5) is 0 Å². The van der Waals surface area contributed by atoms with Crippen LogP contribution >= 0.6 is 0 Å². The minimum atomic E-state index is -0.779. The highest BCUT2D eigenvalue weighted by Crippen LogP contribution is 2.20. The molecule has 0 amide bonds. The van der Waals surface area contributed by atoms with E-state index in [0.717, 1.165) is 23.5 Å². The third-order valence-electron chi connectivity index (χ3n) is 3.92. The Balaban J connectivity index is 1.68. The molecule has 0 aromatic heterocycles. The molecular formula is C20H24O4. The molecule has 0 fully saturated rings. The summed E-state index contributed by atoms with van der Waals surface area (Å²) >= 11 is 0. The first-order valence-corrected chi connectivity index (χ1v) is 8.19. The van der Waals surface area contributed by atoms with Crippen LogP contribution in [0.15, 0.2) is 42.5 Å². The molecule has 0 heterocycles. The Morgan fingerprint density at radius 3 is 2.42 bits per heavy atom. The molecule has 0 aliphatic rings. The average molecular weight is 328 g/mol. The lowest BCUT2D eigenvalue weighted by Crippen LogP contribution is -2.06. The van der Waals surface area contributed by atoms with Gasteiger partial charge in [0.2, 0.25) is 0 Å². The Morgan fingerprint density at radius 2 is 1.71 bits per heavy atom. The zero-order valence-corrected chi connectivity index (χ0v) is 14.2. The van der Waals surface area contributed by atoms with Crippen molar-refractivity contribution < 1.29 is 19.4 Å². The van der Waals surface area contributed by atoms with Gasteiger partial charge < -0.3 is 14.6 Å². The number of carboxylic acid groups (broad SMARTS) is 1. The number of ether oxygens (including phenoxy) is 2. The normalized spacial score (nSPS) is 10.4. The summed E-state index contributed by atoms with van der Waals surface area (Å²) < 4.78 is 11.5. The predicted octanol–water partition coefficient (Wildman–Crippen LogP) is 4.17. The maximum Gasteiger partial charge on any atom is 0.303 e. The van der Waals surface area contributed by atoms with Crippen molar-refractivity contribution in [3.8, 4) is 11.5 Å². The monoisotopic (exact) mass is 328 g/mol. The standard InChI is InChI=1S/C20H24O4/c1-15-5-3-6-19(16(15)2)24-14-4-13-23-18-10-7-17(8-11-18)9-12-20(21)22/h3,5-8,10-11H,4,9,12-14H2,1-2H3,(H,21,22). The van der Waals surface area contributed by atoms with Gasteiger partial charge in [-0.25, -0.2) is 0 Å². The van der Waals surface area contributed by atoms with Crippen molar-refractivity contribution in [2.75, 3.05) is 13.2 Å². The zero-order valence-electron chi connectivity index (χ0n) is 14.2. The lowest BCUT2D eigenvalue weighted by Gasteiger charge is -2.11. The third kappa shape index (κ3) is 5.61. The van der Waals surface area contributed by atoms with Gasteiger partial charge in [-0.1, -0.05) is 24.3 Å². The summed E-state index contributed by atoms with van der Waals surface area (Å²) in [6.45, 7) is 5.33. The smallest absolute Gasteiger partial charge is 0.303 e. The van der Waals surface area contributed by atoms with Gasteiger partial charge in [-0.05, 0) is 55.2 Å². The van der Waals surface area contributed by atoms with Crippen molar-refractivity contribution in [3.63, 3.8) is 0 Å². The van der Waals surface area contributed by atoms with Crippen molar-refractivity contribution >= 4 is 5.97 Å². The van der Waals surface area contributed by atoms with Crippen molar-refractivity contribution in [3.05, 3.63) is 59.2 Å². The van der Waals surface area contributed by atoms with Crippen LogP contribution in [0.3, 0.4) is 0 Å². The van der Waals surface area contributed by atoms with Crippen LogP contribution in [0.5, 0.6) is 11.5 Å². The number of benzene rings is 2. The molecule has 128 valence electrons. The number of hydrogen-bond acceptors (Lipinski definition) is 3. The SMILES string of the molecule is Cc1cccc(OCCCOc2ccc(CCC(=O)O)cc2)c1C. The fourth-order valence-electron chi connectivity index (χ4n) is 2.32. The van der Waals surface area contributed by atoms with Gasteiger partial charge in [-0.2, -0.15) is 0 Å². The molecule has 0 atom stereocenters. The van der Waals surface area contributed by atoms with Crippen LogP contribution in [-0.4, -0.2) is 24.3 Å². The minimum absolute atomic E-state index is 0.149. The quantitative estimate of drug-likeness (QED) is 0.702. The number of rotatable bonds is 9. The molecule has 0 unspecified atom stereocenters. The van der Waals surface area contributed by atoms with Crippen LogP contribution in [0.25, 0.3) is 0 Å². The maximum atomic E-state index is 10.5. The summed E-state index contributed by atoms with van der Waals surface area (Å²) in [5, 5.41) is 8.67. The summed E-state index contributed by atoms with van der Waals surface area (Å²) in [5.74, 6) is 0.942. The van der Waals surface area contributed by atoms with Gasteiger partial charge in [0.05, 0.1) is 13.2 Å². The zero-order chi connectivity index (χ0) is 17.4. The lowest BCUT2D eigenvalue weighted by atomic mass is 10.1. The van der Waals surface area contributed by atoms with Crippen molar-refractivity contribution in [2.24, 2.45) is 0 Å². The van der Waals surface area contributed by atoms with Gasteiger partial charge in [0.25, 0.3) is 0 Å². The Hall–Kier alpha value is -2.49. The van der Waals surface area contributed by atoms with E-state index in [4.69, 9.17) is 14.6 Å². The van der Waals surface area contributed by atoms with Crippen molar-refractivity contribution in [1.29, 1.82) is 0 Å². The van der Waals surface area contributed by atoms with E-state index in [1.807, 2.05) is 36.4 Å².